The van der Waals surface area contributed by atoms with Crippen molar-refractivity contribution in [3.05, 3.63) is 0 Å². The molecule has 64 valence electrons. The maximum Gasteiger partial charge on any atom is 0.0614 e. The van der Waals surface area contributed by atoms with E-state index < -0.39 is 0 Å². The fourth-order valence-corrected chi connectivity index (χ4v) is 2.84. The largest absolute Gasteiger partial charge is 0.394 e. The van der Waals surface area contributed by atoms with E-state index in [1.165, 1.54) is 25.7 Å². The monoisotopic (exact) mass is 155 g/mol. The molecule has 0 aliphatic heterocycles. The summed E-state index contributed by atoms with van der Waals surface area (Å²) in [5.41, 5.74) is 5.89. The van der Waals surface area contributed by atoms with Crippen molar-refractivity contribution in [3.8, 4) is 0 Å². The van der Waals surface area contributed by atoms with Gasteiger partial charge < -0.3 is 10.8 Å². The lowest BCUT2D eigenvalue weighted by Crippen LogP contribution is -2.56. The lowest BCUT2D eigenvalue weighted by atomic mass is 9.61. The first-order valence-corrected chi connectivity index (χ1v) is 4.64. The third kappa shape index (κ3) is 1.09. The molecule has 0 aromatic heterocycles. The van der Waals surface area contributed by atoms with E-state index in [1.54, 1.807) is 0 Å². The van der Waals surface area contributed by atoms with Crippen LogP contribution in [0.15, 0.2) is 0 Å². The molecule has 2 bridgehead atoms. The van der Waals surface area contributed by atoms with Crippen molar-refractivity contribution >= 4 is 0 Å². The molecule has 1 unspecified atom stereocenters. The Bertz CT molecular complexity index is 152. The molecule has 0 spiro atoms. The van der Waals surface area contributed by atoms with Gasteiger partial charge in [0.05, 0.1) is 6.61 Å². The second-order valence-corrected chi connectivity index (χ2v) is 4.31. The van der Waals surface area contributed by atoms with Crippen molar-refractivity contribution in [3.63, 3.8) is 0 Å². The van der Waals surface area contributed by atoms with E-state index in [-0.39, 0.29) is 12.1 Å². The molecule has 0 saturated heterocycles. The highest BCUT2D eigenvalue weighted by Crippen LogP contribution is 2.45. The summed E-state index contributed by atoms with van der Waals surface area (Å²) in [4.78, 5) is 0. The zero-order chi connectivity index (χ0) is 7.90. The molecule has 2 heteroatoms. The molecule has 0 heterocycles. The molecule has 3 rings (SSSR count). The minimum Gasteiger partial charge on any atom is -0.394 e. The highest BCUT2D eigenvalue weighted by atomic mass is 16.3. The molecule has 3 aliphatic rings. The molecule has 0 aromatic rings. The second kappa shape index (κ2) is 2.46. The number of aliphatic hydroxyl groups is 1. The van der Waals surface area contributed by atoms with Gasteiger partial charge in [-0.25, -0.2) is 0 Å². The molecule has 11 heavy (non-hydrogen) atoms. The Morgan fingerprint density at radius 2 is 1.91 bits per heavy atom. The molecule has 2 nitrogen and oxygen atoms in total. The van der Waals surface area contributed by atoms with E-state index >= 15 is 0 Å². The van der Waals surface area contributed by atoms with Crippen LogP contribution in [0, 0.1) is 11.8 Å². The van der Waals surface area contributed by atoms with Crippen LogP contribution in [0.4, 0.5) is 0 Å². The SMILES string of the molecule is NC1(CO)CC2CCC1CC2. The standard InChI is InChI=1S/C9H17NO/c10-9(6-11)5-7-1-3-8(9)4-2-7/h7-8,11H,1-6,10H2. The van der Waals surface area contributed by atoms with Gasteiger partial charge in [0.15, 0.2) is 0 Å². The van der Waals surface area contributed by atoms with Gasteiger partial charge in [-0.15, -0.1) is 0 Å². The van der Waals surface area contributed by atoms with Gasteiger partial charge in [0.1, 0.15) is 0 Å². The van der Waals surface area contributed by atoms with E-state index in [4.69, 9.17) is 10.8 Å². The Labute approximate surface area is 67.8 Å². The molecular formula is C9H17NO. The average Bonchev–Trinajstić information content (AvgIpc) is 2.06. The van der Waals surface area contributed by atoms with Crippen molar-refractivity contribution in [2.45, 2.75) is 37.6 Å². The van der Waals surface area contributed by atoms with Gasteiger partial charge in [-0.3, -0.25) is 0 Å². The number of fused-ring (bicyclic) bond motifs is 3. The Balaban J connectivity index is 2.13. The fourth-order valence-electron chi connectivity index (χ4n) is 2.84. The third-order valence-electron chi connectivity index (χ3n) is 3.62. The molecule has 0 radical (unpaired) electrons. The zero-order valence-electron chi connectivity index (χ0n) is 6.92. The predicted molar refractivity (Wildman–Crippen MR) is 44.1 cm³/mol. The Morgan fingerprint density at radius 3 is 2.18 bits per heavy atom. The molecule has 3 N–H and O–H groups in total. The maximum absolute atomic E-state index is 9.15. The summed E-state index contributed by atoms with van der Waals surface area (Å²) in [6, 6.07) is 0. The van der Waals surface area contributed by atoms with Crippen LogP contribution in [0.25, 0.3) is 0 Å². The molecule has 3 aliphatic carbocycles. The van der Waals surface area contributed by atoms with E-state index in [1.807, 2.05) is 0 Å². The van der Waals surface area contributed by atoms with E-state index in [2.05, 4.69) is 0 Å². The van der Waals surface area contributed by atoms with Crippen LogP contribution in [0.2, 0.25) is 0 Å². The van der Waals surface area contributed by atoms with E-state index in [0.29, 0.717) is 5.92 Å². The number of nitrogens with two attached hydrogens (primary N) is 1. The van der Waals surface area contributed by atoms with Crippen LogP contribution in [0.5, 0.6) is 0 Å². The molecular weight excluding hydrogens is 138 g/mol. The van der Waals surface area contributed by atoms with Crippen LogP contribution in [0.3, 0.4) is 0 Å². The Kier molecular flexibility index (Phi) is 1.69. The van der Waals surface area contributed by atoms with Crippen molar-refractivity contribution in [1.29, 1.82) is 0 Å². The fraction of sp³-hybridized carbons (Fsp3) is 1.00. The smallest absolute Gasteiger partial charge is 0.0614 e. The Morgan fingerprint density at radius 1 is 1.27 bits per heavy atom. The quantitative estimate of drug-likeness (QED) is 0.590. The van der Waals surface area contributed by atoms with Crippen LogP contribution in [-0.4, -0.2) is 17.3 Å². The van der Waals surface area contributed by atoms with Crippen molar-refractivity contribution in [2.24, 2.45) is 17.6 Å². The number of rotatable bonds is 1. The Hall–Kier alpha value is -0.0800. The van der Waals surface area contributed by atoms with Gasteiger partial charge in [-0.2, -0.15) is 0 Å². The summed E-state index contributed by atoms with van der Waals surface area (Å²) in [5.74, 6) is 1.43. The van der Waals surface area contributed by atoms with Crippen LogP contribution < -0.4 is 5.73 Å². The normalized spacial score (nSPS) is 49.6. The summed E-state index contributed by atoms with van der Waals surface area (Å²) in [6.07, 6.45) is 6.27. The zero-order valence-corrected chi connectivity index (χ0v) is 6.92. The minimum absolute atomic E-state index is 0.189. The lowest BCUT2D eigenvalue weighted by Gasteiger charge is -2.48. The van der Waals surface area contributed by atoms with Gasteiger partial charge in [0.25, 0.3) is 0 Å². The molecule has 0 aromatic carbocycles. The number of hydrogen-bond acceptors (Lipinski definition) is 2. The topological polar surface area (TPSA) is 46.2 Å². The molecule has 3 fully saturated rings. The van der Waals surface area contributed by atoms with Crippen molar-refractivity contribution in [1.82, 2.24) is 0 Å². The van der Waals surface area contributed by atoms with Crippen LogP contribution in [-0.2, 0) is 0 Å². The van der Waals surface area contributed by atoms with Gasteiger partial charge in [0, 0.05) is 5.54 Å². The van der Waals surface area contributed by atoms with Crippen molar-refractivity contribution < 1.29 is 5.11 Å². The van der Waals surface area contributed by atoms with Crippen LogP contribution in [0.1, 0.15) is 32.1 Å². The number of hydrogen-bond donors (Lipinski definition) is 2. The van der Waals surface area contributed by atoms with Gasteiger partial charge >= 0.3 is 0 Å². The van der Waals surface area contributed by atoms with Gasteiger partial charge in [-0.05, 0) is 31.1 Å². The summed E-state index contributed by atoms with van der Waals surface area (Å²) < 4.78 is 0. The minimum atomic E-state index is -0.207. The summed E-state index contributed by atoms with van der Waals surface area (Å²) in [7, 11) is 0. The maximum atomic E-state index is 9.15. The van der Waals surface area contributed by atoms with Gasteiger partial charge in [-0.1, -0.05) is 12.8 Å². The molecule has 0 amide bonds. The predicted octanol–water partition coefficient (Wildman–Crippen LogP) is 0.886. The summed E-state index contributed by atoms with van der Waals surface area (Å²) >= 11 is 0. The molecule has 1 atom stereocenters. The number of aliphatic hydroxyl groups excluding tert-OH is 1. The summed E-state index contributed by atoms with van der Waals surface area (Å²) in [6.45, 7) is 0.189. The third-order valence-corrected chi connectivity index (χ3v) is 3.62. The second-order valence-electron chi connectivity index (χ2n) is 4.31. The average molecular weight is 155 g/mol. The lowest BCUT2D eigenvalue weighted by molar-refractivity contribution is 0.0265. The first kappa shape index (κ1) is 7.56. The first-order valence-electron chi connectivity index (χ1n) is 4.64. The van der Waals surface area contributed by atoms with Crippen molar-refractivity contribution in [2.75, 3.05) is 6.61 Å². The highest BCUT2D eigenvalue weighted by molar-refractivity contribution is 5.00. The summed E-state index contributed by atoms with van der Waals surface area (Å²) in [5, 5.41) is 9.15. The van der Waals surface area contributed by atoms with E-state index in [0.717, 1.165) is 12.3 Å². The molecule has 3 saturated carbocycles. The highest BCUT2D eigenvalue weighted by Gasteiger charge is 2.44. The first-order chi connectivity index (χ1) is 5.24. The van der Waals surface area contributed by atoms with Gasteiger partial charge in [0.2, 0.25) is 0 Å². The van der Waals surface area contributed by atoms with Crippen LogP contribution >= 0.6 is 0 Å². The van der Waals surface area contributed by atoms with E-state index in [9.17, 15) is 0 Å².